The molecule has 0 aliphatic heterocycles. The van der Waals surface area contributed by atoms with Crippen LogP contribution >= 0.6 is 0 Å². The van der Waals surface area contributed by atoms with Crippen molar-refractivity contribution in [1.82, 2.24) is 5.32 Å². The Balaban J connectivity index is 1.89. The number of carbonyl (C=O) groups excluding carboxylic acids is 1. The van der Waals surface area contributed by atoms with E-state index < -0.39 is 6.10 Å². The van der Waals surface area contributed by atoms with E-state index in [1.54, 1.807) is 0 Å². The first-order valence-electron chi connectivity index (χ1n) is 8.62. The van der Waals surface area contributed by atoms with Crippen LogP contribution < -0.4 is 10.1 Å². The van der Waals surface area contributed by atoms with Gasteiger partial charge < -0.3 is 10.1 Å². The van der Waals surface area contributed by atoms with E-state index in [2.05, 4.69) is 18.3 Å². The number of benzene rings is 1. The van der Waals surface area contributed by atoms with Crippen LogP contribution in [0.3, 0.4) is 0 Å². The maximum Gasteiger partial charge on any atom is 0.261 e. The summed E-state index contributed by atoms with van der Waals surface area (Å²) >= 11 is 0. The molecule has 0 spiro atoms. The lowest BCUT2D eigenvalue weighted by Gasteiger charge is -2.24. The van der Waals surface area contributed by atoms with E-state index in [0.717, 1.165) is 17.9 Å². The molecule has 1 fully saturated rings. The van der Waals surface area contributed by atoms with Gasteiger partial charge in [0, 0.05) is 6.54 Å². The number of hydrogen-bond donors (Lipinski definition) is 1. The zero-order valence-corrected chi connectivity index (χ0v) is 14.2. The van der Waals surface area contributed by atoms with Gasteiger partial charge in [0.05, 0.1) is 0 Å². The lowest BCUT2D eigenvalue weighted by molar-refractivity contribution is -0.128. The predicted octanol–water partition coefficient (Wildman–Crippen LogP) is 4.16. The zero-order valence-electron chi connectivity index (χ0n) is 14.2. The molecule has 3 nitrogen and oxygen atoms in total. The molecular weight excluding hydrogens is 274 g/mol. The summed E-state index contributed by atoms with van der Waals surface area (Å²) in [6, 6.07) is 5.98. The van der Waals surface area contributed by atoms with E-state index in [4.69, 9.17) is 4.74 Å². The van der Waals surface area contributed by atoms with Gasteiger partial charge in [0.15, 0.2) is 6.10 Å². The molecule has 3 heteroatoms. The smallest absolute Gasteiger partial charge is 0.261 e. The minimum atomic E-state index is -0.399. The van der Waals surface area contributed by atoms with E-state index >= 15 is 0 Å². The summed E-state index contributed by atoms with van der Waals surface area (Å²) in [7, 11) is 0. The molecule has 1 atom stereocenters. The van der Waals surface area contributed by atoms with Crippen LogP contribution in [0, 0.1) is 19.8 Å². The molecule has 0 unspecified atom stereocenters. The first-order valence-corrected chi connectivity index (χ1v) is 8.62. The van der Waals surface area contributed by atoms with Gasteiger partial charge in [-0.3, -0.25) is 4.79 Å². The number of nitrogens with one attached hydrogen (secondary N) is 1. The summed E-state index contributed by atoms with van der Waals surface area (Å²) in [6.07, 6.45) is 6.72. The van der Waals surface area contributed by atoms with Crippen molar-refractivity contribution in [2.45, 2.75) is 65.4 Å². The predicted molar refractivity (Wildman–Crippen MR) is 90.2 cm³/mol. The topological polar surface area (TPSA) is 38.3 Å². The van der Waals surface area contributed by atoms with Crippen LogP contribution in [0.1, 0.15) is 56.6 Å². The van der Waals surface area contributed by atoms with Crippen LogP contribution in [0.2, 0.25) is 0 Å². The SMILES string of the molecule is CC[C@H](Oc1cccc(C)c1C)C(=O)NCC1CCCCC1. The quantitative estimate of drug-likeness (QED) is 0.857. The molecule has 2 rings (SSSR count). The molecule has 1 amide bonds. The fraction of sp³-hybridized carbons (Fsp3) is 0.632. The highest BCUT2D eigenvalue weighted by atomic mass is 16.5. The Hall–Kier alpha value is -1.51. The van der Waals surface area contributed by atoms with Gasteiger partial charge in [0.25, 0.3) is 5.91 Å². The van der Waals surface area contributed by atoms with Crippen LogP contribution in [-0.4, -0.2) is 18.6 Å². The van der Waals surface area contributed by atoms with E-state index in [1.165, 1.54) is 37.7 Å². The highest BCUT2D eigenvalue weighted by Gasteiger charge is 2.21. The van der Waals surface area contributed by atoms with Crippen molar-refractivity contribution in [2.75, 3.05) is 6.54 Å². The fourth-order valence-corrected chi connectivity index (χ4v) is 3.08. The monoisotopic (exact) mass is 303 g/mol. The standard InChI is InChI=1S/C19H29NO2/c1-4-17(22-18-12-8-9-14(2)15(18)3)19(21)20-13-16-10-6-5-7-11-16/h8-9,12,16-17H,4-7,10-11,13H2,1-3H3,(H,20,21)/t17-/m0/s1. The summed E-state index contributed by atoms with van der Waals surface area (Å²) in [5, 5.41) is 3.09. The number of carbonyl (C=O) groups is 1. The van der Waals surface area contributed by atoms with E-state index in [0.29, 0.717) is 12.3 Å². The second kappa shape index (κ2) is 8.21. The Morgan fingerprint density at radius 2 is 2.00 bits per heavy atom. The van der Waals surface area contributed by atoms with E-state index in [-0.39, 0.29) is 5.91 Å². The molecule has 0 saturated heterocycles. The van der Waals surface area contributed by atoms with Crippen LogP contribution in [0.5, 0.6) is 5.75 Å². The van der Waals surface area contributed by atoms with Crippen LogP contribution in [0.4, 0.5) is 0 Å². The summed E-state index contributed by atoms with van der Waals surface area (Å²) in [6.45, 7) is 6.89. The van der Waals surface area contributed by atoms with E-state index in [9.17, 15) is 4.79 Å². The molecular formula is C19H29NO2. The van der Waals surface area contributed by atoms with Crippen molar-refractivity contribution in [3.05, 3.63) is 29.3 Å². The van der Waals surface area contributed by atoms with Crippen molar-refractivity contribution in [3.63, 3.8) is 0 Å². The third kappa shape index (κ3) is 4.49. The normalized spacial score (nSPS) is 17.0. The molecule has 1 saturated carbocycles. The maximum atomic E-state index is 12.4. The molecule has 0 radical (unpaired) electrons. The summed E-state index contributed by atoms with van der Waals surface area (Å²) in [5.41, 5.74) is 2.30. The minimum Gasteiger partial charge on any atom is -0.480 e. The molecule has 0 aromatic heterocycles. The summed E-state index contributed by atoms with van der Waals surface area (Å²) < 4.78 is 5.96. The fourth-order valence-electron chi connectivity index (χ4n) is 3.08. The van der Waals surface area contributed by atoms with Crippen LogP contribution in [-0.2, 0) is 4.79 Å². The van der Waals surface area contributed by atoms with Gasteiger partial charge in [-0.05, 0) is 56.2 Å². The highest BCUT2D eigenvalue weighted by Crippen LogP contribution is 2.24. The second-order valence-corrected chi connectivity index (χ2v) is 6.46. The number of aryl methyl sites for hydroxylation is 1. The Kier molecular flexibility index (Phi) is 6.29. The van der Waals surface area contributed by atoms with Crippen molar-refractivity contribution in [2.24, 2.45) is 5.92 Å². The molecule has 1 aliphatic rings. The lowest BCUT2D eigenvalue weighted by atomic mass is 9.89. The van der Waals surface area contributed by atoms with Gasteiger partial charge in [0.1, 0.15) is 5.75 Å². The van der Waals surface area contributed by atoms with Gasteiger partial charge in [-0.15, -0.1) is 0 Å². The Morgan fingerprint density at radius 3 is 2.68 bits per heavy atom. The van der Waals surface area contributed by atoms with Crippen LogP contribution in [0.15, 0.2) is 18.2 Å². The second-order valence-electron chi connectivity index (χ2n) is 6.46. The molecule has 1 aliphatic carbocycles. The largest absolute Gasteiger partial charge is 0.480 e. The van der Waals surface area contributed by atoms with Crippen molar-refractivity contribution in [1.29, 1.82) is 0 Å². The number of rotatable bonds is 6. The maximum absolute atomic E-state index is 12.4. The molecule has 0 heterocycles. The molecule has 1 aromatic rings. The lowest BCUT2D eigenvalue weighted by Crippen LogP contribution is -2.40. The van der Waals surface area contributed by atoms with Gasteiger partial charge >= 0.3 is 0 Å². The summed E-state index contributed by atoms with van der Waals surface area (Å²) in [5.74, 6) is 1.49. The highest BCUT2D eigenvalue weighted by molar-refractivity contribution is 5.81. The number of ether oxygens (including phenoxy) is 1. The first-order chi connectivity index (χ1) is 10.6. The van der Waals surface area contributed by atoms with Gasteiger partial charge in [0.2, 0.25) is 0 Å². The summed E-state index contributed by atoms with van der Waals surface area (Å²) in [4.78, 5) is 12.4. The number of amides is 1. The van der Waals surface area contributed by atoms with Gasteiger partial charge in [-0.25, -0.2) is 0 Å². The molecule has 1 aromatic carbocycles. The van der Waals surface area contributed by atoms with Crippen molar-refractivity contribution in [3.8, 4) is 5.75 Å². The van der Waals surface area contributed by atoms with Gasteiger partial charge in [-0.1, -0.05) is 38.3 Å². The minimum absolute atomic E-state index is 0.0222. The molecule has 122 valence electrons. The molecule has 1 N–H and O–H groups in total. The van der Waals surface area contributed by atoms with Crippen molar-refractivity contribution >= 4 is 5.91 Å². The average molecular weight is 303 g/mol. The Morgan fingerprint density at radius 1 is 1.27 bits per heavy atom. The van der Waals surface area contributed by atoms with Crippen LogP contribution in [0.25, 0.3) is 0 Å². The Bertz CT molecular complexity index is 492. The zero-order chi connectivity index (χ0) is 15.9. The van der Waals surface area contributed by atoms with Gasteiger partial charge in [-0.2, -0.15) is 0 Å². The van der Waals surface area contributed by atoms with Crippen molar-refractivity contribution < 1.29 is 9.53 Å². The Labute approximate surface area is 134 Å². The number of hydrogen-bond acceptors (Lipinski definition) is 2. The average Bonchev–Trinajstić information content (AvgIpc) is 2.55. The third-order valence-corrected chi connectivity index (χ3v) is 4.78. The molecule has 22 heavy (non-hydrogen) atoms. The third-order valence-electron chi connectivity index (χ3n) is 4.78. The molecule has 0 bridgehead atoms. The first kappa shape index (κ1) is 16.9. The van der Waals surface area contributed by atoms with E-state index in [1.807, 2.05) is 26.0 Å².